The molecule has 1 N–H and O–H groups in total. The number of methoxy groups -OCH3 is 1. The van der Waals surface area contributed by atoms with E-state index in [1.807, 2.05) is 59.8 Å². The van der Waals surface area contributed by atoms with Crippen LogP contribution in [0.15, 0.2) is 73.0 Å². The molecule has 0 fully saturated rings. The summed E-state index contributed by atoms with van der Waals surface area (Å²) >= 11 is 0. The van der Waals surface area contributed by atoms with E-state index >= 15 is 0 Å². The molecule has 0 aromatic carbocycles. The van der Waals surface area contributed by atoms with Crippen LogP contribution in [0.4, 0.5) is 0 Å². The van der Waals surface area contributed by atoms with Crippen LogP contribution in [0.25, 0.3) is 0 Å². The van der Waals surface area contributed by atoms with Crippen LogP contribution in [0.1, 0.15) is 48.5 Å². The molecule has 4 nitrogen and oxygen atoms in total. The van der Waals surface area contributed by atoms with Crippen LogP contribution in [0.3, 0.4) is 0 Å². The van der Waals surface area contributed by atoms with E-state index in [1.54, 1.807) is 37.3 Å². The average Bonchev–Trinajstić information content (AvgIpc) is 2.74. The van der Waals surface area contributed by atoms with Gasteiger partial charge in [-0.3, -0.25) is 4.79 Å². The van der Waals surface area contributed by atoms with Gasteiger partial charge >= 0.3 is 11.9 Å². The quantitative estimate of drug-likeness (QED) is 0.286. The monoisotopic (exact) mass is 387 g/mol. The van der Waals surface area contributed by atoms with Crippen LogP contribution in [0.2, 0.25) is 0 Å². The molecular weight excluding hydrogens is 350 g/mol. The minimum absolute atomic E-state index is 0.514. The fourth-order valence-corrected chi connectivity index (χ4v) is 1.17. The van der Waals surface area contributed by atoms with E-state index in [4.69, 9.17) is 0 Å². The maximum atomic E-state index is 11.0. The Balaban J connectivity index is -0.000000181. The lowest BCUT2D eigenvalue weighted by Gasteiger charge is -2.02. The first-order valence-electron chi connectivity index (χ1n) is 9.20. The number of rotatable bonds is 5. The molecule has 0 aliphatic rings. The summed E-state index contributed by atoms with van der Waals surface area (Å²) in [4.78, 5) is 21.8. The molecule has 0 aromatic heterocycles. The Hall–Kier alpha value is -3.06. The summed E-state index contributed by atoms with van der Waals surface area (Å²) in [6, 6.07) is 0. The zero-order valence-electron chi connectivity index (χ0n) is 18.8. The van der Waals surface area contributed by atoms with Crippen LogP contribution in [0, 0.1) is 11.8 Å². The number of hydrogen-bond donors (Lipinski definition) is 1. The molecule has 0 radical (unpaired) electrons. The van der Waals surface area contributed by atoms with Gasteiger partial charge in [0.1, 0.15) is 0 Å². The molecule has 0 unspecified atom stereocenters. The Morgan fingerprint density at radius 2 is 1.54 bits per heavy atom. The first-order chi connectivity index (χ1) is 13.5. The van der Waals surface area contributed by atoms with Gasteiger partial charge in [-0.25, -0.2) is 4.79 Å². The number of ether oxygens (including phenoxy) is 1. The molecule has 0 spiro atoms. The van der Waals surface area contributed by atoms with E-state index in [1.165, 1.54) is 0 Å². The summed E-state index contributed by atoms with van der Waals surface area (Å²) in [6.07, 6.45) is 14.0. The lowest BCUT2D eigenvalue weighted by Crippen LogP contribution is -2.30. The van der Waals surface area contributed by atoms with Crippen molar-refractivity contribution in [3.63, 3.8) is 0 Å². The van der Waals surface area contributed by atoms with E-state index in [2.05, 4.69) is 35.1 Å². The van der Waals surface area contributed by atoms with Crippen molar-refractivity contribution in [2.75, 3.05) is 7.11 Å². The smallest absolute Gasteiger partial charge is 0.396 e. The Morgan fingerprint density at radius 1 is 1.00 bits per heavy atom. The third kappa shape index (κ3) is 25.2. The molecule has 0 bridgehead atoms. The lowest BCUT2D eigenvalue weighted by molar-refractivity contribution is -0.152. The minimum Gasteiger partial charge on any atom is -0.462 e. The van der Waals surface area contributed by atoms with Crippen molar-refractivity contribution in [2.45, 2.75) is 48.5 Å². The average molecular weight is 388 g/mol. The molecule has 0 rings (SSSR count). The normalized spacial score (nSPS) is 9.86. The van der Waals surface area contributed by atoms with E-state index in [0.29, 0.717) is 5.70 Å². The number of allylic oxidation sites excluding steroid dienone is 9. The molecule has 0 atom stereocenters. The van der Waals surface area contributed by atoms with Crippen molar-refractivity contribution in [3.8, 4) is 11.8 Å². The zero-order chi connectivity index (χ0) is 22.8. The number of hydrogen-bond acceptors (Lipinski definition) is 3. The van der Waals surface area contributed by atoms with Crippen LogP contribution in [-0.2, 0) is 14.3 Å². The Morgan fingerprint density at radius 3 is 1.93 bits per heavy atom. The van der Waals surface area contributed by atoms with Crippen LogP contribution in [-0.4, -0.2) is 19.0 Å². The van der Waals surface area contributed by atoms with Crippen molar-refractivity contribution >= 4 is 11.9 Å². The van der Waals surface area contributed by atoms with Crippen molar-refractivity contribution in [1.82, 2.24) is 5.32 Å². The number of amides is 1. The molecule has 0 saturated heterocycles. The fraction of sp³-hybridized carbons (Fsp3) is 0.333. The number of carbonyl (C=O) groups excluding carboxylic acids is 2. The molecule has 0 heterocycles. The standard InChI is InChI=1S/C10H13NO3.C10H12.2C2H6/c1-4-6-7-8(5-2)11-9(12)10(13)14-3;1-4-6-7-9-10(3)8-5-2;2*1-2/h4-7H,1H2,2-3H3,(H,11,12);4,6-7,9H,1H2,2-3H3;2*1-2H3/b7-6-,8-5+;7-6-,10-9+;;. The van der Waals surface area contributed by atoms with Gasteiger partial charge in [0.25, 0.3) is 0 Å². The van der Waals surface area contributed by atoms with Crippen molar-refractivity contribution in [2.24, 2.45) is 0 Å². The predicted octanol–water partition coefficient (Wildman–Crippen LogP) is 5.67. The largest absolute Gasteiger partial charge is 0.462 e. The van der Waals surface area contributed by atoms with Gasteiger partial charge in [0.2, 0.25) is 0 Å². The first-order valence-corrected chi connectivity index (χ1v) is 9.20. The zero-order valence-corrected chi connectivity index (χ0v) is 18.8. The van der Waals surface area contributed by atoms with E-state index in [-0.39, 0.29) is 0 Å². The second-order valence-corrected chi connectivity index (χ2v) is 4.13. The van der Waals surface area contributed by atoms with Gasteiger partial charge in [-0.15, -0.1) is 5.92 Å². The van der Waals surface area contributed by atoms with E-state index in [9.17, 15) is 9.59 Å². The number of carbonyl (C=O) groups is 2. The van der Waals surface area contributed by atoms with E-state index < -0.39 is 11.9 Å². The van der Waals surface area contributed by atoms with Gasteiger partial charge in [0.05, 0.1) is 7.11 Å². The van der Waals surface area contributed by atoms with Crippen LogP contribution >= 0.6 is 0 Å². The van der Waals surface area contributed by atoms with Gasteiger partial charge in [-0.2, -0.15) is 0 Å². The first kappa shape index (κ1) is 32.6. The summed E-state index contributed by atoms with van der Waals surface area (Å²) in [5.74, 6) is 4.03. The summed E-state index contributed by atoms with van der Waals surface area (Å²) in [5.41, 5.74) is 1.58. The van der Waals surface area contributed by atoms with Crippen LogP contribution in [0.5, 0.6) is 0 Å². The maximum Gasteiger partial charge on any atom is 0.396 e. The van der Waals surface area contributed by atoms with Gasteiger partial charge in [-0.1, -0.05) is 89.3 Å². The summed E-state index contributed by atoms with van der Waals surface area (Å²) in [5, 5.41) is 2.37. The highest BCUT2D eigenvalue weighted by molar-refractivity contribution is 6.32. The molecule has 156 valence electrons. The molecule has 0 aliphatic carbocycles. The Labute approximate surface area is 172 Å². The predicted molar refractivity (Wildman–Crippen MR) is 122 cm³/mol. The third-order valence-corrected chi connectivity index (χ3v) is 2.27. The number of esters is 1. The Kier molecular flexibility index (Phi) is 33.4. The second kappa shape index (κ2) is 28.7. The van der Waals surface area contributed by atoms with Crippen molar-refractivity contribution in [1.29, 1.82) is 0 Å². The minimum atomic E-state index is -0.920. The highest BCUT2D eigenvalue weighted by Crippen LogP contribution is 1.92. The fourth-order valence-electron chi connectivity index (χ4n) is 1.17. The summed E-state index contributed by atoms with van der Waals surface area (Å²) < 4.78 is 4.24. The molecule has 28 heavy (non-hydrogen) atoms. The summed E-state index contributed by atoms with van der Waals surface area (Å²) in [6.45, 7) is 20.6. The topological polar surface area (TPSA) is 55.4 Å². The van der Waals surface area contributed by atoms with Crippen LogP contribution < -0.4 is 5.32 Å². The third-order valence-electron chi connectivity index (χ3n) is 2.27. The molecule has 0 saturated carbocycles. The SMILES string of the molecule is C=C/C=C\C(=C/C)NC(=O)C(=O)OC.C=C/C=C\C=C(/C)C#CC.CC.CC. The highest BCUT2D eigenvalue weighted by Gasteiger charge is 2.13. The molecular formula is C24H37NO3. The second-order valence-electron chi connectivity index (χ2n) is 4.13. The molecule has 4 heteroatoms. The van der Waals surface area contributed by atoms with Gasteiger partial charge < -0.3 is 10.1 Å². The van der Waals surface area contributed by atoms with Gasteiger partial charge in [0.15, 0.2) is 0 Å². The highest BCUT2D eigenvalue weighted by atomic mass is 16.5. The van der Waals surface area contributed by atoms with Crippen molar-refractivity contribution in [3.05, 3.63) is 73.0 Å². The van der Waals surface area contributed by atoms with Gasteiger partial charge in [0, 0.05) is 5.70 Å². The molecule has 0 aliphatic heterocycles. The lowest BCUT2D eigenvalue weighted by atomic mass is 10.3. The summed E-state index contributed by atoms with van der Waals surface area (Å²) in [7, 11) is 1.15. The molecule has 1 amide bonds. The van der Waals surface area contributed by atoms with Gasteiger partial charge in [-0.05, 0) is 32.4 Å². The van der Waals surface area contributed by atoms with E-state index in [0.717, 1.165) is 12.7 Å². The Bertz CT molecular complexity index is 609. The number of nitrogens with one attached hydrogen (secondary N) is 1. The maximum absolute atomic E-state index is 11.0. The van der Waals surface area contributed by atoms with Crippen molar-refractivity contribution < 1.29 is 14.3 Å². The molecule has 0 aromatic rings.